The molecule has 0 saturated carbocycles. The summed E-state index contributed by atoms with van der Waals surface area (Å²) < 4.78 is 18.0. The number of aromatic nitrogens is 2. The lowest BCUT2D eigenvalue weighted by Gasteiger charge is -2.36. The zero-order valence-corrected chi connectivity index (χ0v) is 23.5. The largest absolute Gasteiger partial charge is 0.495 e. The number of anilines is 1. The summed E-state index contributed by atoms with van der Waals surface area (Å²) in [5.74, 6) is -2.53. The first kappa shape index (κ1) is 29.3. The zero-order chi connectivity index (χ0) is 30.3. The molecular formula is C30H31N5O8. The van der Waals surface area contributed by atoms with Crippen molar-refractivity contribution >= 4 is 23.5 Å². The number of carbonyl (C=O) groups excluding carboxylic acids is 2. The third kappa shape index (κ3) is 6.51. The van der Waals surface area contributed by atoms with Crippen molar-refractivity contribution in [1.82, 2.24) is 14.0 Å². The molecule has 1 aromatic heterocycles. The second-order valence-corrected chi connectivity index (χ2v) is 9.93. The van der Waals surface area contributed by atoms with Crippen LogP contribution in [0.3, 0.4) is 0 Å². The number of methoxy groups -OCH3 is 1. The molecule has 13 heteroatoms. The Morgan fingerprint density at radius 2 is 1.51 bits per heavy atom. The number of carbonyl (C=O) groups is 2. The monoisotopic (exact) mass is 589 g/mol. The summed E-state index contributed by atoms with van der Waals surface area (Å²) in [7, 11) is 1.65. The maximum absolute atomic E-state index is 13.7. The van der Waals surface area contributed by atoms with Crippen molar-refractivity contribution in [2.75, 3.05) is 44.7 Å². The van der Waals surface area contributed by atoms with E-state index in [0.29, 0.717) is 18.5 Å². The van der Waals surface area contributed by atoms with Gasteiger partial charge in [-0.05, 0) is 35.8 Å². The standard InChI is InChI=1S/C30H31N5O8/c1-41-23-11-6-5-10-22(23)33-18-16-32(17-19-33)14-7-15-34-28(38)26-27(31-40)42-24(36)12-13-25(37)43-29(26)35(30(34)39)20-21-8-3-2-4-9-21/h2-6,8-13,40H,7,14-20H2,1H3/b13-12+,31-27-. The van der Waals surface area contributed by atoms with Crippen molar-refractivity contribution in [3.63, 3.8) is 0 Å². The molecule has 0 spiro atoms. The minimum absolute atomic E-state index is 0.0192. The number of benzene rings is 2. The normalized spacial score (nSPS) is 17.3. The van der Waals surface area contributed by atoms with Crippen LogP contribution in [-0.4, -0.2) is 76.9 Å². The lowest BCUT2D eigenvalue weighted by atomic mass is 10.2. The number of oxime groups is 1. The highest BCUT2D eigenvalue weighted by atomic mass is 16.6. The lowest BCUT2D eigenvalue weighted by Crippen LogP contribution is -2.47. The van der Waals surface area contributed by atoms with Gasteiger partial charge in [0, 0.05) is 44.9 Å². The van der Waals surface area contributed by atoms with Gasteiger partial charge in [0.05, 0.1) is 19.3 Å². The Bertz CT molecular complexity index is 1670. The molecule has 2 aliphatic rings. The molecule has 2 aromatic carbocycles. The predicted molar refractivity (Wildman–Crippen MR) is 156 cm³/mol. The summed E-state index contributed by atoms with van der Waals surface area (Å²) in [5.41, 5.74) is -0.455. The highest BCUT2D eigenvalue weighted by Gasteiger charge is 2.30. The van der Waals surface area contributed by atoms with E-state index in [9.17, 15) is 24.4 Å². The summed E-state index contributed by atoms with van der Waals surface area (Å²) in [5, 5.41) is 12.7. The molecular weight excluding hydrogens is 558 g/mol. The van der Waals surface area contributed by atoms with E-state index >= 15 is 0 Å². The Labute approximate surface area is 246 Å². The molecule has 5 rings (SSSR count). The predicted octanol–water partition coefficient (Wildman–Crippen LogP) is 1.43. The van der Waals surface area contributed by atoms with E-state index in [-0.39, 0.29) is 13.1 Å². The fourth-order valence-corrected chi connectivity index (χ4v) is 5.14. The Balaban J connectivity index is 1.40. The summed E-state index contributed by atoms with van der Waals surface area (Å²) in [6.45, 7) is 3.66. The number of para-hydroxylation sites is 2. The SMILES string of the molecule is COc1ccccc1N1CCN(CCCn2c(=O)c3c(n(Cc4ccccc4)c2=O)OC(=O)/C=C/C(=O)O/C3=N\O)CC1. The van der Waals surface area contributed by atoms with Gasteiger partial charge in [0.25, 0.3) is 11.5 Å². The summed E-state index contributed by atoms with van der Waals surface area (Å²) in [6, 6.07) is 16.7. The van der Waals surface area contributed by atoms with E-state index in [4.69, 9.17) is 14.2 Å². The number of fused-ring (bicyclic) bond motifs is 1. The van der Waals surface area contributed by atoms with Crippen LogP contribution in [0, 0.1) is 0 Å². The molecule has 0 atom stereocenters. The number of nitrogens with zero attached hydrogens (tertiary/aromatic N) is 5. The highest BCUT2D eigenvalue weighted by molar-refractivity contribution is 6.06. The van der Waals surface area contributed by atoms with Gasteiger partial charge in [-0.25, -0.2) is 14.4 Å². The molecule has 1 fully saturated rings. The summed E-state index contributed by atoms with van der Waals surface area (Å²) in [4.78, 5) is 56.5. The van der Waals surface area contributed by atoms with Crippen LogP contribution in [0.5, 0.6) is 11.6 Å². The first-order valence-corrected chi connectivity index (χ1v) is 13.8. The minimum atomic E-state index is -1.06. The van der Waals surface area contributed by atoms with Crippen molar-refractivity contribution in [2.45, 2.75) is 19.5 Å². The number of hydrogen-bond acceptors (Lipinski definition) is 11. The molecule has 0 amide bonds. The van der Waals surface area contributed by atoms with E-state index in [1.807, 2.05) is 24.3 Å². The van der Waals surface area contributed by atoms with Crippen molar-refractivity contribution in [3.05, 3.63) is 98.7 Å². The van der Waals surface area contributed by atoms with Crippen LogP contribution in [0.25, 0.3) is 0 Å². The topological polar surface area (TPSA) is 145 Å². The van der Waals surface area contributed by atoms with E-state index in [1.165, 1.54) is 0 Å². The van der Waals surface area contributed by atoms with Gasteiger partial charge in [0.2, 0.25) is 5.88 Å². The van der Waals surface area contributed by atoms with Gasteiger partial charge in [-0.1, -0.05) is 42.5 Å². The Kier molecular flexibility index (Phi) is 9.01. The molecule has 224 valence electrons. The van der Waals surface area contributed by atoms with Crippen molar-refractivity contribution in [1.29, 1.82) is 0 Å². The Morgan fingerprint density at radius 1 is 0.837 bits per heavy atom. The quantitative estimate of drug-likeness (QED) is 0.233. The fourth-order valence-electron chi connectivity index (χ4n) is 5.14. The molecule has 13 nitrogen and oxygen atoms in total. The van der Waals surface area contributed by atoms with Gasteiger partial charge in [0.15, 0.2) is 5.56 Å². The van der Waals surface area contributed by atoms with Crippen LogP contribution in [-0.2, 0) is 27.4 Å². The van der Waals surface area contributed by atoms with Gasteiger partial charge >= 0.3 is 17.6 Å². The van der Waals surface area contributed by atoms with Crippen molar-refractivity contribution < 1.29 is 29.0 Å². The Hall–Kier alpha value is -5.17. The number of ether oxygens (including phenoxy) is 3. The van der Waals surface area contributed by atoms with Crippen LogP contribution in [0.1, 0.15) is 17.5 Å². The number of rotatable bonds is 8. The molecule has 0 bridgehead atoms. The van der Waals surface area contributed by atoms with E-state index < -0.39 is 40.5 Å². The number of cyclic esters (lactones) is 1. The van der Waals surface area contributed by atoms with E-state index in [2.05, 4.69) is 15.0 Å². The van der Waals surface area contributed by atoms with Crippen molar-refractivity contribution in [3.8, 4) is 11.6 Å². The first-order chi connectivity index (χ1) is 20.9. The van der Waals surface area contributed by atoms with Crippen molar-refractivity contribution in [2.24, 2.45) is 5.16 Å². The third-order valence-corrected chi connectivity index (χ3v) is 7.27. The molecule has 1 N–H and O–H groups in total. The van der Waals surface area contributed by atoms with E-state index in [1.54, 1.807) is 37.4 Å². The average molecular weight is 590 g/mol. The second-order valence-electron chi connectivity index (χ2n) is 9.93. The second kappa shape index (κ2) is 13.2. The molecule has 0 aliphatic carbocycles. The maximum Gasteiger partial charge on any atom is 0.337 e. The molecule has 43 heavy (non-hydrogen) atoms. The molecule has 3 heterocycles. The Morgan fingerprint density at radius 3 is 2.21 bits per heavy atom. The van der Waals surface area contributed by atoms with Gasteiger partial charge in [-0.2, -0.15) is 0 Å². The van der Waals surface area contributed by atoms with Crippen LogP contribution < -0.4 is 25.6 Å². The zero-order valence-electron chi connectivity index (χ0n) is 23.5. The third-order valence-electron chi connectivity index (χ3n) is 7.27. The number of piperazine rings is 1. The van der Waals surface area contributed by atoms with Gasteiger partial charge in [-0.15, -0.1) is 0 Å². The fraction of sp³-hybridized carbons (Fsp3) is 0.300. The van der Waals surface area contributed by atoms with Crippen LogP contribution in [0.15, 0.2) is 81.5 Å². The number of esters is 2. The molecule has 0 radical (unpaired) electrons. The molecule has 3 aromatic rings. The first-order valence-electron chi connectivity index (χ1n) is 13.8. The average Bonchev–Trinajstić information content (AvgIpc) is 3.09. The number of hydrogen-bond donors (Lipinski definition) is 1. The molecule has 1 saturated heterocycles. The molecule has 2 aliphatic heterocycles. The maximum atomic E-state index is 13.7. The van der Waals surface area contributed by atoms with Crippen LogP contribution >= 0.6 is 0 Å². The summed E-state index contributed by atoms with van der Waals surface area (Å²) in [6.07, 6.45) is 2.01. The van der Waals surface area contributed by atoms with Gasteiger partial charge in [-0.3, -0.25) is 18.8 Å². The summed E-state index contributed by atoms with van der Waals surface area (Å²) >= 11 is 0. The van der Waals surface area contributed by atoms with Crippen LogP contribution in [0.4, 0.5) is 5.69 Å². The van der Waals surface area contributed by atoms with Gasteiger partial charge < -0.3 is 24.3 Å². The lowest BCUT2D eigenvalue weighted by molar-refractivity contribution is -0.132. The smallest absolute Gasteiger partial charge is 0.337 e. The highest BCUT2D eigenvalue weighted by Crippen LogP contribution is 2.28. The van der Waals surface area contributed by atoms with Gasteiger partial charge in [0.1, 0.15) is 5.75 Å². The van der Waals surface area contributed by atoms with Crippen LogP contribution in [0.2, 0.25) is 0 Å². The van der Waals surface area contributed by atoms with E-state index in [0.717, 1.165) is 58.9 Å². The minimum Gasteiger partial charge on any atom is -0.495 e. The molecule has 0 unspecified atom stereocenters.